The molecule has 1 spiro atoms. The largest absolute Gasteiger partial charge is 0.344 e. The molecular weight excluding hydrogens is 380 g/mol. The van der Waals surface area contributed by atoms with E-state index in [9.17, 15) is 14.9 Å². The van der Waals surface area contributed by atoms with Crippen molar-refractivity contribution in [3.8, 4) is 0 Å². The quantitative estimate of drug-likeness (QED) is 0.491. The lowest BCUT2D eigenvalue weighted by atomic mass is 9.75. The van der Waals surface area contributed by atoms with Gasteiger partial charge in [0.15, 0.2) is 11.7 Å². The van der Waals surface area contributed by atoms with Crippen LogP contribution >= 0.6 is 0 Å². The molecule has 5 rings (SSSR count). The average Bonchev–Trinajstić information content (AvgIpc) is 3.25. The minimum Gasteiger partial charge on any atom is -0.344 e. The minimum atomic E-state index is -1.45. The molecule has 0 aromatic heterocycles. The summed E-state index contributed by atoms with van der Waals surface area (Å²) >= 11 is 0. The Labute approximate surface area is 173 Å². The van der Waals surface area contributed by atoms with Crippen molar-refractivity contribution in [1.82, 2.24) is 0 Å². The van der Waals surface area contributed by atoms with E-state index in [1.165, 1.54) is 0 Å². The monoisotopic (exact) mass is 400 g/mol. The molecule has 0 bridgehead atoms. The molecular formula is C24H20N2O4. The zero-order chi connectivity index (χ0) is 20.9. The summed E-state index contributed by atoms with van der Waals surface area (Å²) in [5, 5.41) is 12.4. The predicted molar refractivity (Wildman–Crippen MR) is 112 cm³/mol. The van der Waals surface area contributed by atoms with Crippen LogP contribution in [-0.4, -0.2) is 23.9 Å². The molecule has 1 fully saturated rings. The normalized spacial score (nSPS) is 27.4. The Kier molecular flexibility index (Phi) is 4.18. The molecule has 2 aliphatic rings. The molecule has 1 saturated heterocycles. The van der Waals surface area contributed by atoms with Gasteiger partial charge in [0.05, 0.1) is 11.6 Å². The Bertz CT molecular complexity index is 1120. The van der Waals surface area contributed by atoms with Crippen molar-refractivity contribution >= 4 is 11.6 Å². The van der Waals surface area contributed by atoms with Crippen LogP contribution < -0.4 is 4.90 Å². The highest BCUT2D eigenvalue weighted by molar-refractivity contribution is 6.07. The number of nitrogens with zero attached hydrogens (tertiary/aromatic N) is 2. The molecule has 3 aromatic rings. The zero-order valence-corrected chi connectivity index (χ0v) is 16.3. The third-order valence-electron chi connectivity index (χ3n) is 6.22. The van der Waals surface area contributed by atoms with E-state index in [-0.39, 0.29) is 10.8 Å². The molecule has 2 aliphatic heterocycles. The molecule has 0 aliphatic carbocycles. The van der Waals surface area contributed by atoms with Gasteiger partial charge >= 0.3 is 0 Å². The number of para-hydroxylation sites is 1. The molecule has 0 N–H and O–H groups in total. The minimum absolute atomic E-state index is 0.275. The van der Waals surface area contributed by atoms with Gasteiger partial charge in [0.1, 0.15) is 0 Å². The van der Waals surface area contributed by atoms with Crippen LogP contribution in [0.3, 0.4) is 0 Å². The molecule has 6 nitrogen and oxygen atoms in total. The van der Waals surface area contributed by atoms with Gasteiger partial charge in [0, 0.05) is 17.5 Å². The standard InChI is InChI=1S/C24H20N2O4/c1-25-19-15-9-8-14-18(19)24(23(25)27)20(16-10-4-2-5-11-16)21(26(28)29)22(30-24)17-12-6-3-7-13-17/h2-15,20-22H,1H3/t20-,21-,22-,24+/m0/s1. The Morgan fingerprint density at radius 3 is 2.10 bits per heavy atom. The zero-order valence-electron chi connectivity index (χ0n) is 16.3. The second kappa shape index (κ2) is 6.78. The summed E-state index contributed by atoms with van der Waals surface area (Å²) in [6.45, 7) is 0. The number of anilines is 1. The maximum Gasteiger partial charge on any atom is 0.264 e. The van der Waals surface area contributed by atoms with Crippen molar-refractivity contribution in [1.29, 1.82) is 0 Å². The fourth-order valence-electron chi connectivity index (χ4n) is 4.96. The molecule has 0 radical (unpaired) electrons. The highest BCUT2D eigenvalue weighted by atomic mass is 16.6. The van der Waals surface area contributed by atoms with Crippen LogP contribution in [0.15, 0.2) is 84.9 Å². The van der Waals surface area contributed by atoms with Gasteiger partial charge in [0.25, 0.3) is 11.9 Å². The number of amides is 1. The molecule has 1 amide bonds. The third-order valence-corrected chi connectivity index (χ3v) is 6.22. The van der Waals surface area contributed by atoms with Gasteiger partial charge in [-0.1, -0.05) is 78.9 Å². The summed E-state index contributed by atoms with van der Waals surface area (Å²) in [7, 11) is 1.69. The molecule has 3 aromatic carbocycles. The maximum absolute atomic E-state index is 13.7. The molecule has 0 unspecified atom stereocenters. The number of benzene rings is 3. The van der Waals surface area contributed by atoms with Gasteiger partial charge < -0.3 is 9.64 Å². The van der Waals surface area contributed by atoms with Gasteiger partial charge in [-0.2, -0.15) is 0 Å². The fraction of sp³-hybridized carbons (Fsp3) is 0.208. The summed E-state index contributed by atoms with van der Waals surface area (Å²) in [4.78, 5) is 27.4. The van der Waals surface area contributed by atoms with E-state index < -0.39 is 23.7 Å². The Morgan fingerprint density at radius 1 is 0.900 bits per heavy atom. The Hall–Kier alpha value is -3.51. The first kappa shape index (κ1) is 18.5. The smallest absolute Gasteiger partial charge is 0.264 e. The number of likely N-dealkylation sites (N-methyl/N-ethyl adjacent to an activating group) is 1. The Balaban J connectivity index is 1.80. The summed E-state index contributed by atoms with van der Waals surface area (Å²) < 4.78 is 6.51. The van der Waals surface area contributed by atoms with Crippen LogP contribution in [0.25, 0.3) is 0 Å². The number of hydrogen-bond acceptors (Lipinski definition) is 4. The second-order valence-electron chi connectivity index (χ2n) is 7.73. The number of rotatable bonds is 3. The van der Waals surface area contributed by atoms with Gasteiger partial charge in [-0.15, -0.1) is 0 Å². The predicted octanol–water partition coefficient (Wildman–Crippen LogP) is 4.06. The topological polar surface area (TPSA) is 72.7 Å². The van der Waals surface area contributed by atoms with E-state index in [1.54, 1.807) is 11.9 Å². The summed E-state index contributed by atoms with van der Waals surface area (Å²) in [5.41, 5.74) is 1.36. The number of nitro groups is 1. The summed E-state index contributed by atoms with van der Waals surface area (Å²) in [5.74, 6) is -1.04. The van der Waals surface area contributed by atoms with Crippen molar-refractivity contribution in [2.24, 2.45) is 0 Å². The Morgan fingerprint density at radius 2 is 1.47 bits per heavy atom. The molecule has 30 heavy (non-hydrogen) atoms. The molecule has 150 valence electrons. The third kappa shape index (κ3) is 2.44. The van der Waals surface area contributed by atoms with E-state index in [4.69, 9.17) is 4.74 Å². The van der Waals surface area contributed by atoms with Gasteiger partial charge in [-0.05, 0) is 17.2 Å². The van der Waals surface area contributed by atoms with E-state index in [2.05, 4.69) is 0 Å². The number of hydrogen-bond donors (Lipinski definition) is 0. The first-order chi connectivity index (χ1) is 14.6. The molecule has 4 atom stereocenters. The van der Waals surface area contributed by atoms with Crippen LogP contribution in [-0.2, 0) is 15.1 Å². The van der Waals surface area contributed by atoms with Gasteiger partial charge in [-0.25, -0.2) is 0 Å². The number of carbonyl (C=O) groups is 1. The lowest BCUT2D eigenvalue weighted by Crippen LogP contribution is -2.44. The number of fused-ring (bicyclic) bond motifs is 2. The molecule has 0 saturated carbocycles. The van der Waals surface area contributed by atoms with Crippen molar-refractivity contribution in [3.05, 3.63) is 112 Å². The van der Waals surface area contributed by atoms with E-state index >= 15 is 0 Å². The lowest BCUT2D eigenvalue weighted by molar-refractivity contribution is -0.531. The SMILES string of the molecule is CN1C(=O)[C@@]2(O[C@@H](c3ccccc3)[C@@H]([N+](=O)[O-])[C@@H]2c2ccccc2)c2ccccc21. The first-order valence-electron chi connectivity index (χ1n) is 9.84. The van der Waals surface area contributed by atoms with Crippen molar-refractivity contribution < 1.29 is 14.5 Å². The van der Waals surface area contributed by atoms with Crippen molar-refractivity contribution in [2.75, 3.05) is 11.9 Å². The van der Waals surface area contributed by atoms with Crippen LogP contribution in [0.2, 0.25) is 0 Å². The number of carbonyl (C=O) groups excluding carboxylic acids is 1. The summed E-state index contributed by atoms with van der Waals surface area (Å²) in [6, 6.07) is 24.6. The summed E-state index contributed by atoms with van der Waals surface area (Å²) in [6.07, 6.45) is -0.852. The number of ether oxygens (including phenoxy) is 1. The first-order valence-corrected chi connectivity index (χ1v) is 9.84. The molecule has 2 heterocycles. The van der Waals surface area contributed by atoms with E-state index in [0.717, 1.165) is 11.3 Å². The van der Waals surface area contributed by atoms with Crippen LogP contribution in [0, 0.1) is 10.1 Å². The van der Waals surface area contributed by atoms with Crippen LogP contribution in [0.1, 0.15) is 28.7 Å². The second-order valence-corrected chi connectivity index (χ2v) is 7.73. The maximum atomic E-state index is 13.7. The van der Waals surface area contributed by atoms with E-state index in [1.807, 2.05) is 84.9 Å². The van der Waals surface area contributed by atoms with Gasteiger partial charge in [0.2, 0.25) is 0 Å². The fourth-order valence-corrected chi connectivity index (χ4v) is 4.96. The average molecular weight is 400 g/mol. The highest BCUT2D eigenvalue weighted by Gasteiger charge is 2.69. The van der Waals surface area contributed by atoms with E-state index in [0.29, 0.717) is 11.1 Å². The van der Waals surface area contributed by atoms with Crippen molar-refractivity contribution in [3.63, 3.8) is 0 Å². The highest BCUT2D eigenvalue weighted by Crippen LogP contribution is 2.60. The van der Waals surface area contributed by atoms with Crippen LogP contribution in [0.5, 0.6) is 0 Å². The molecule has 6 heteroatoms. The van der Waals surface area contributed by atoms with Crippen LogP contribution in [0.4, 0.5) is 5.69 Å². The lowest BCUT2D eigenvalue weighted by Gasteiger charge is -2.29. The van der Waals surface area contributed by atoms with Gasteiger partial charge in [-0.3, -0.25) is 14.9 Å². The van der Waals surface area contributed by atoms with Crippen molar-refractivity contribution in [2.45, 2.75) is 23.7 Å².